The van der Waals surface area contributed by atoms with Crippen molar-refractivity contribution in [1.29, 1.82) is 0 Å². The minimum atomic E-state index is -0.589. The van der Waals surface area contributed by atoms with E-state index in [0.717, 1.165) is 56.3 Å². The minimum absolute atomic E-state index is 0.195. The zero-order chi connectivity index (χ0) is 20.6. The van der Waals surface area contributed by atoms with Crippen molar-refractivity contribution in [3.8, 4) is 0 Å². The van der Waals surface area contributed by atoms with Crippen molar-refractivity contribution in [1.82, 2.24) is 10.6 Å². The lowest BCUT2D eigenvalue weighted by Gasteiger charge is -2.36. The van der Waals surface area contributed by atoms with Gasteiger partial charge in [0.1, 0.15) is 5.82 Å². The smallest absolute Gasteiger partial charge is 0.191 e. The first kappa shape index (κ1) is 21.8. The zero-order valence-electron chi connectivity index (χ0n) is 17.7. The fourth-order valence-electron chi connectivity index (χ4n) is 3.71. The van der Waals surface area contributed by atoms with E-state index < -0.39 is 6.10 Å². The largest absolute Gasteiger partial charge is 0.389 e. The van der Waals surface area contributed by atoms with Crippen LogP contribution in [0.2, 0.25) is 0 Å². The van der Waals surface area contributed by atoms with Crippen LogP contribution in [0.25, 0.3) is 0 Å². The van der Waals surface area contributed by atoms with Crippen LogP contribution in [0.3, 0.4) is 0 Å². The predicted octanol–water partition coefficient (Wildman–Crippen LogP) is 2.45. The van der Waals surface area contributed by atoms with Gasteiger partial charge >= 0.3 is 0 Å². The summed E-state index contributed by atoms with van der Waals surface area (Å²) in [7, 11) is 0. The number of ether oxygens (including phenoxy) is 1. The highest BCUT2D eigenvalue weighted by Crippen LogP contribution is 2.28. The Morgan fingerprint density at radius 3 is 2.93 bits per heavy atom. The molecule has 1 aliphatic carbocycles. The van der Waals surface area contributed by atoms with Crippen LogP contribution in [-0.4, -0.2) is 62.6 Å². The Labute approximate surface area is 173 Å². The highest BCUT2D eigenvalue weighted by Gasteiger charge is 2.23. The summed E-state index contributed by atoms with van der Waals surface area (Å²) in [6, 6.07) is 5.22. The highest BCUT2D eigenvalue weighted by atomic mass is 19.1. The van der Waals surface area contributed by atoms with Crippen molar-refractivity contribution < 1.29 is 14.2 Å². The highest BCUT2D eigenvalue weighted by molar-refractivity contribution is 5.80. The maximum absolute atomic E-state index is 13.4. The van der Waals surface area contributed by atoms with Crippen LogP contribution >= 0.6 is 0 Å². The monoisotopic (exact) mass is 406 g/mol. The van der Waals surface area contributed by atoms with E-state index in [1.54, 1.807) is 6.07 Å². The molecule has 1 saturated carbocycles. The number of anilines is 1. The van der Waals surface area contributed by atoms with E-state index in [-0.39, 0.29) is 11.9 Å². The molecule has 0 spiro atoms. The van der Waals surface area contributed by atoms with Crippen LogP contribution in [0.15, 0.2) is 23.2 Å². The second-order valence-corrected chi connectivity index (χ2v) is 8.21. The quantitative estimate of drug-likeness (QED) is 0.434. The van der Waals surface area contributed by atoms with Crippen molar-refractivity contribution in [3.05, 3.63) is 29.6 Å². The number of benzene rings is 1. The summed E-state index contributed by atoms with van der Waals surface area (Å²) >= 11 is 0. The molecule has 0 aromatic heterocycles. The Bertz CT molecular complexity index is 681. The first-order chi connectivity index (χ1) is 14.0. The molecule has 1 aliphatic heterocycles. The number of nitrogens with one attached hydrogen (secondary N) is 2. The van der Waals surface area contributed by atoms with Gasteiger partial charge in [-0.15, -0.1) is 0 Å². The van der Waals surface area contributed by atoms with E-state index in [1.807, 2.05) is 19.9 Å². The van der Waals surface area contributed by atoms with Gasteiger partial charge in [-0.25, -0.2) is 4.39 Å². The number of hydrogen-bond donors (Lipinski definition) is 3. The maximum atomic E-state index is 13.4. The Morgan fingerprint density at radius 2 is 2.21 bits per heavy atom. The fraction of sp³-hybridized carbons (Fsp3) is 0.682. The van der Waals surface area contributed by atoms with Crippen molar-refractivity contribution in [2.75, 3.05) is 44.3 Å². The number of hydrogen-bond acceptors (Lipinski definition) is 4. The topological polar surface area (TPSA) is 69.1 Å². The van der Waals surface area contributed by atoms with Crippen molar-refractivity contribution in [3.63, 3.8) is 0 Å². The fourth-order valence-corrected chi connectivity index (χ4v) is 3.71. The first-order valence-corrected chi connectivity index (χ1v) is 10.9. The van der Waals surface area contributed by atoms with E-state index in [9.17, 15) is 9.50 Å². The van der Waals surface area contributed by atoms with Crippen LogP contribution in [0, 0.1) is 18.7 Å². The standard InChI is InChI=1S/C22H35FN4O2/c1-3-24-22(25-12-20(28)15-29-14-17-6-7-17)26-19-5-4-10-27(13-19)21-9-8-18(23)11-16(21)2/h8-9,11,17,19-20,28H,3-7,10,12-15H2,1-2H3,(H2,24,25,26). The number of aliphatic hydroxyl groups excluding tert-OH is 1. The molecule has 1 saturated heterocycles. The molecule has 2 fully saturated rings. The van der Waals surface area contributed by atoms with Crippen molar-refractivity contribution in [2.45, 2.75) is 51.7 Å². The third-order valence-electron chi connectivity index (χ3n) is 5.43. The summed E-state index contributed by atoms with van der Waals surface area (Å²) in [5, 5.41) is 16.9. The summed E-state index contributed by atoms with van der Waals surface area (Å²) < 4.78 is 19.0. The summed E-state index contributed by atoms with van der Waals surface area (Å²) in [4.78, 5) is 6.85. The summed E-state index contributed by atoms with van der Waals surface area (Å²) in [6.07, 6.45) is 4.02. The number of nitrogens with zero attached hydrogens (tertiary/aromatic N) is 2. The zero-order valence-corrected chi connectivity index (χ0v) is 17.7. The molecular formula is C22H35FN4O2. The Hall–Kier alpha value is -1.86. The van der Waals surface area contributed by atoms with E-state index in [4.69, 9.17) is 4.74 Å². The molecule has 1 heterocycles. The number of rotatable bonds is 9. The van der Waals surface area contributed by atoms with Gasteiger partial charge in [-0.1, -0.05) is 0 Å². The van der Waals surface area contributed by atoms with Crippen molar-refractivity contribution in [2.24, 2.45) is 10.9 Å². The Balaban J connectivity index is 1.51. The van der Waals surface area contributed by atoms with Gasteiger partial charge in [0.05, 0.1) is 19.3 Å². The molecule has 0 amide bonds. The maximum Gasteiger partial charge on any atom is 0.191 e. The number of guanidine groups is 1. The lowest BCUT2D eigenvalue weighted by atomic mass is 10.0. The van der Waals surface area contributed by atoms with Crippen LogP contribution < -0.4 is 15.5 Å². The molecule has 1 aromatic rings. The van der Waals surface area contributed by atoms with Gasteiger partial charge in [0.15, 0.2) is 5.96 Å². The van der Waals surface area contributed by atoms with Gasteiger partial charge in [0.25, 0.3) is 0 Å². The molecule has 7 heteroatoms. The first-order valence-electron chi connectivity index (χ1n) is 10.9. The van der Waals surface area contributed by atoms with E-state index in [2.05, 4.69) is 20.5 Å². The summed E-state index contributed by atoms with van der Waals surface area (Å²) in [5.41, 5.74) is 2.05. The van der Waals surface area contributed by atoms with Gasteiger partial charge in [0.2, 0.25) is 0 Å². The molecular weight excluding hydrogens is 371 g/mol. The van der Waals surface area contributed by atoms with Crippen LogP contribution in [-0.2, 0) is 4.74 Å². The van der Waals surface area contributed by atoms with Crippen molar-refractivity contribution >= 4 is 11.6 Å². The average Bonchev–Trinajstić information content (AvgIpc) is 3.51. The molecule has 1 aromatic carbocycles. The second kappa shape index (κ2) is 10.8. The van der Waals surface area contributed by atoms with E-state index in [0.29, 0.717) is 19.1 Å². The predicted molar refractivity (Wildman–Crippen MR) is 115 cm³/mol. The normalized spacial score (nSPS) is 21.2. The molecule has 2 atom stereocenters. The van der Waals surface area contributed by atoms with E-state index in [1.165, 1.54) is 18.9 Å². The molecule has 2 aliphatic rings. The number of aryl methyl sites for hydroxylation is 1. The SMILES string of the molecule is CCNC(=NCC(O)COCC1CC1)NC1CCCN(c2ccc(F)cc2C)C1. The third-order valence-corrected chi connectivity index (χ3v) is 5.43. The van der Waals surface area contributed by atoms with Crippen LogP contribution in [0.1, 0.15) is 38.2 Å². The Morgan fingerprint density at radius 1 is 1.38 bits per heavy atom. The molecule has 3 rings (SSSR count). The van der Waals surface area contributed by atoms with Gasteiger partial charge in [0, 0.05) is 38.0 Å². The molecule has 29 heavy (non-hydrogen) atoms. The molecule has 2 unspecified atom stereocenters. The lowest BCUT2D eigenvalue weighted by Crippen LogP contribution is -2.51. The molecule has 3 N–H and O–H groups in total. The molecule has 0 bridgehead atoms. The van der Waals surface area contributed by atoms with Crippen LogP contribution in [0.5, 0.6) is 0 Å². The number of halogens is 1. The van der Waals surface area contributed by atoms with Crippen LogP contribution in [0.4, 0.5) is 10.1 Å². The van der Waals surface area contributed by atoms with Gasteiger partial charge in [-0.2, -0.15) is 0 Å². The molecule has 6 nitrogen and oxygen atoms in total. The number of piperidine rings is 1. The lowest BCUT2D eigenvalue weighted by molar-refractivity contribution is 0.0368. The molecule has 162 valence electrons. The van der Waals surface area contributed by atoms with Gasteiger partial charge < -0.3 is 25.4 Å². The number of aliphatic imine (C=N–C) groups is 1. The third kappa shape index (κ3) is 7.16. The second-order valence-electron chi connectivity index (χ2n) is 8.21. The summed E-state index contributed by atoms with van der Waals surface area (Å²) in [5.74, 6) is 1.22. The van der Waals surface area contributed by atoms with Gasteiger partial charge in [-0.3, -0.25) is 4.99 Å². The minimum Gasteiger partial charge on any atom is -0.389 e. The van der Waals surface area contributed by atoms with Gasteiger partial charge in [-0.05, 0) is 69.2 Å². The number of aliphatic hydroxyl groups is 1. The average molecular weight is 407 g/mol. The Kier molecular flexibility index (Phi) is 8.12. The summed E-state index contributed by atoms with van der Waals surface area (Å²) in [6.45, 7) is 7.94. The van der Waals surface area contributed by atoms with E-state index >= 15 is 0 Å². The molecule has 0 radical (unpaired) electrons.